The van der Waals surface area contributed by atoms with E-state index in [0.29, 0.717) is 0 Å². The van der Waals surface area contributed by atoms with Crippen LogP contribution in [-0.2, 0) is 0 Å². The summed E-state index contributed by atoms with van der Waals surface area (Å²) >= 11 is 0. The lowest BCUT2D eigenvalue weighted by atomic mass is 9.83. The van der Waals surface area contributed by atoms with Crippen molar-refractivity contribution in [1.82, 2.24) is 4.90 Å². The van der Waals surface area contributed by atoms with E-state index in [0.717, 1.165) is 17.8 Å². The zero-order valence-electron chi connectivity index (χ0n) is 9.01. The second-order valence-corrected chi connectivity index (χ2v) is 4.70. The minimum absolute atomic E-state index is 0.863. The molecule has 0 bridgehead atoms. The molecule has 0 N–H and O–H groups in total. The van der Waals surface area contributed by atoms with Crippen molar-refractivity contribution in [2.75, 3.05) is 19.6 Å². The van der Waals surface area contributed by atoms with Gasteiger partial charge < -0.3 is 4.90 Å². The van der Waals surface area contributed by atoms with E-state index < -0.39 is 0 Å². The van der Waals surface area contributed by atoms with Gasteiger partial charge in [0.05, 0.1) is 0 Å². The molecule has 0 spiro atoms. The zero-order chi connectivity index (χ0) is 9.14. The highest BCUT2D eigenvalue weighted by atomic mass is 15.1. The van der Waals surface area contributed by atoms with E-state index in [9.17, 15) is 0 Å². The molecule has 0 aromatic carbocycles. The second-order valence-electron chi connectivity index (χ2n) is 4.70. The van der Waals surface area contributed by atoms with Crippen LogP contribution >= 0.6 is 0 Å². The summed E-state index contributed by atoms with van der Waals surface area (Å²) in [5.74, 6) is 2.71. The van der Waals surface area contributed by atoms with Crippen molar-refractivity contribution in [1.29, 1.82) is 0 Å². The fourth-order valence-electron chi connectivity index (χ4n) is 2.25. The summed E-state index contributed by atoms with van der Waals surface area (Å²) in [6.07, 6.45) is 1.44. The van der Waals surface area contributed by atoms with Crippen LogP contribution in [0.4, 0.5) is 0 Å². The predicted molar refractivity (Wildman–Crippen MR) is 54.2 cm³/mol. The number of likely N-dealkylation sites (tertiary alicyclic amines) is 1. The summed E-state index contributed by atoms with van der Waals surface area (Å²) < 4.78 is 0. The first-order valence-corrected chi connectivity index (χ1v) is 5.35. The number of hydrogen-bond acceptors (Lipinski definition) is 1. The molecule has 1 fully saturated rings. The summed E-state index contributed by atoms with van der Waals surface area (Å²) in [5.41, 5.74) is 0. The Morgan fingerprint density at radius 1 is 1.33 bits per heavy atom. The molecule has 0 amide bonds. The highest BCUT2D eigenvalue weighted by Gasteiger charge is 2.25. The van der Waals surface area contributed by atoms with Crippen LogP contribution in [-0.4, -0.2) is 24.5 Å². The van der Waals surface area contributed by atoms with Gasteiger partial charge in [-0.1, -0.05) is 27.7 Å². The minimum Gasteiger partial charge on any atom is -0.303 e. The van der Waals surface area contributed by atoms with E-state index in [1.165, 1.54) is 26.1 Å². The monoisotopic (exact) mass is 169 g/mol. The second kappa shape index (κ2) is 4.27. The number of piperidine rings is 1. The van der Waals surface area contributed by atoms with E-state index in [2.05, 4.69) is 32.6 Å². The van der Waals surface area contributed by atoms with Gasteiger partial charge in [-0.05, 0) is 30.7 Å². The van der Waals surface area contributed by atoms with Crippen molar-refractivity contribution in [2.24, 2.45) is 17.8 Å². The Kier molecular flexibility index (Phi) is 3.57. The average molecular weight is 169 g/mol. The Morgan fingerprint density at radius 2 is 2.00 bits per heavy atom. The van der Waals surface area contributed by atoms with Gasteiger partial charge in [-0.2, -0.15) is 0 Å². The van der Waals surface area contributed by atoms with Gasteiger partial charge in [0.25, 0.3) is 0 Å². The maximum absolute atomic E-state index is 2.60. The molecular weight excluding hydrogens is 146 g/mol. The van der Waals surface area contributed by atoms with Gasteiger partial charge in [0.15, 0.2) is 0 Å². The Morgan fingerprint density at radius 3 is 2.50 bits per heavy atom. The molecule has 1 heteroatoms. The smallest absolute Gasteiger partial charge is 0.00122 e. The Bertz CT molecular complexity index is 131. The fourth-order valence-corrected chi connectivity index (χ4v) is 2.25. The van der Waals surface area contributed by atoms with E-state index >= 15 is 0 Å². The lowest BCUT2D eigenvalue weighted by Gasteiger charge is -2.37. The summed E-state index contributed by atoms with van der Waals surface area (Å²) in [6, 6.07) is 0. The SMILES string of the molecule is CCN1CC(C(C)C)C[C@H](C)C1. The van der Waals surface area contributed by atoms with Crippen molar-refractivity contribution in [3.63, 3.8) is 0 Å². The first-order valence-electron chi connectivity index (χ1n) is 5.35. The zero-order valence-corrected chi connectivity index (χ0v) is 9.01. The highest BCUT2D eigenvalue weighted by molar-refractivity contribution is 4.77. The van der Waals surface area contributed by atoms with Crippen LogP contribution in [0.2, 0.25) is 0 Å². The molecule has 0 radical (unpaired) electrons. The van der Waals surface area contributed by atoms with Crippen LogP contribution in [0.25, 0.3) is 0 Å². The lowest BCUT2D eigenvalue weighted by molar-refractivity contribution is 0.112. The fraction of sp³-hybridized carbons (Fsp3) is 1.00. The number of rotatable bonds is 2. The van der Waals surface area contributed by atoms with Gasteiger partial charge in [-0.25, -0.2) is 0 Å². The number of nitrogens with zero attached hydrogens (tertiary/aromatic N) is 1. The van der Waals surface area contributed by atoms with Gasteiger partial charge in [-0.3, -0.25) is 0 Å². The third-order valence-corrected chi connectivity index (χ3v) is 3.16. The standard InChI is InChI=1S/C11H23N/c1-5-12-7-10(4)6-11(8-12)9(2)3/h9-11H,5-8H2,1-4H3/t10-,11?/m0/s1. The van der Waals surface area contributed by atoms with Crippen molar-refractivity contribution in [3.05, 3.63) is 0 Å². The maximum Gasteiger partial charge on any atom is 0.00122 e. The largest absolute Gasteiger partial charge is 0.303 e. The third-order valence-electron chi connectivity index (χ3n) is 3.16. The molecule has 2 atom stereocenters. The van der Waals surface area contributed by atoms with Gasteiger partial charge in [0.1, 0.15) is 0 Å². The molecule has 0 aromatic heterocycles. The molecule has 1 nitrogen and oxygen atoms in total. The van der Waals surface area contributed by atoms with Gasteiger partial charge in [-0.15, -0.1) is 0 Å². The van der Waals surface area contributed by atoms with Crippen LogP contribution in [0, 0.1) is 17.8 Å². The molecule has 72 valence electrons. The van der Waals surface area contributed by atoms with Crippen molar-refractivity contribution in [2.45, 2.75) is 34.1 Å². The first kappa shape index (κ1) is 10.0. The molecular formula is C11H23N. The van der Waals surface area contributed by atoms with E-state index in [-0.39, 0.29) is 0 Å². The Balaban J connectivity index is 2.45. The molecule has 0 saturated carbocycles. The third kappa shape index (κ3) is 2.48. The van der Waals surface area contributed by atoms with Crippen molar-refractivity contribution >= 4 is 0 Å². The van der Waals surface area contributed by atoms with Crippen molar-refractivity contribution < 1.29 is 0 Å². The lowest BCUT2D eigenvalue weighted by Crippen LogP contribution is -2.41. The van der Waals surface area contributed by atoms with Crippen molar-refractivity contribution in [3.8, 4) is 0 Å². The molecule has 0 aromatic rings. The van der Waals surface area contributed by atoms with E-state index in [1.54, 1.807) is 0 Å². The first-order chi connectivity index (χ1) is 5.63. The summed E-state index contributed by atoms with van der Waals surface area (Å²) in [5, 5.41) is 0. The van der Waals surface area contributed by atoms with Crippen LogP contribution in [0.5, 0.6) is 0 Å². The van der Waals surface area contributed by atoms with Crippen LogP contribution in [0.1, 0.15) is 34.1 Å². The van der Waals surface area contributed by atoms with E-state index in [4.69, 9.17) is 0 Å². The predicted octanol–water partition coefficient (Wildman–Crippen LogP) is 2.62. The molecule has 0 aliphatic carbocycles. The van der Waals surface area contributed by atoms with Gasteiger partial charge in [0, 0.05) is 13.1 Å². The normalized spacial score (nSPS) is 32.8. The molecule has 12 heavy (non-hydrogen) atoms. The summed E-state index contributed by atoms with van der Waals surface area (Å²) in [7, 11) is 0. The molecule has 1 rings (SSSR count). The molecule has 1 saturated heterocycles. The minimum atomic E-state index is 0.863. The van der Waals surface area contributed by atoms with Crippen LogP contribution in [0.3, 0.4) is 0 Å². The summed E-state index contributed by atoms with van der Waals surface area (Å²) in [4.78, 5) is 2.60. The molecule has 1 aliphatic heterocycles. The maximum atomic E-state index is 2.60. The topological polar surface area (TPSA) is 3.24 Å². The quantitative estimate of drug-likeness (QED) is 0.614. The van der Waals surface area contributed by atoms with Gasteiger partial charge in [0.2, 0.25) is 0 Å². The van der Waals surface area contributed by atoms with Crippen LogP contribution in [0.15, 0.2) is 0 Å². The Hall–Kier alpha value is -0.0400. The number of hydrogen-bond donors (Lipinski definition) is 0. The average Bonchev–Trinajstić information content (AvgIpc) is 2.03. The van der Waals surface area contributed by atoms with E-state index in [1.807, 2.05) is 0 Å². The molecule has 1 unspecified atom stereocenters. The van der Waals surface area contributed by atoms with Gasteiger partial charge >= 0.3 is 0 Å². The summed E-state index contributed by atoms with van der Waals surface area (Å²) in [6.45, 7) is 13.3. The Labute approximate surface area is 77.1 Å². The molecule has 1 aliphatic rings. The molecule has 1 heterocycles. The van der Waals surface area contributed by atoms with Crippen LogP contribution < -0.4 is 0 Å². The highest BCUT2D eigenvalue weighted by Crippen LogP contribution is 2.26.